The van der Waals surface area contributed by atoms with E-state index in [1.165, 1.54) is 5.01 Å². The standard InChI is InChI=1S/C22H23N3O4/c1-22(2)12-25(21(27)14-5-7-16-15(9-14)11-19(26)23-16)24-20(22)13-6-8-17(28-3)18(10-13)29-4/h5-10H,11-12H2,1-4H3,(H,23,26). The Kier molecular flexibility index (Phi) is 4.53. The molecule has 1 N–H and O–H groups in total. The number of nitrogens with one attached hydrogen (secondary N) is 1. The Morgan fingerprint density at radius 2 is 1.86 bits per heavy atom. The quantitative estimate of drug-likeness (QED) is 0.866. The van der Waals surface area contributed by atoms with Crippen molar-refractivity contribution >= 4 is 23.2 Å². The summed E-state index contributed by atoms with van der Waals surface area (Å²) in [6.45, 7) is 4.58. The third-order valence-electron chi connectivity index (χ3n) is 5.28. The summed E-state index contributed by atoms with van der Waals surface area (Å²) < 4.78 is 10.7. The lowest BCUT2D eigenvalue weighted by Gasteiger charge is -2.21. The highest BCUT2D eigenvalue weighted by molar-refractivity contribution is 6.08. The predicted molar refractivity (Wildman–Crippen MR) is 110 cm³/mol. The third kappa shape index (κ3) is 3.33. The number of nitrogens with zero attached hydrogens (tertiary/aromatic N) is 2. The van der Waals surface area contributed by atoms with Crippen LogP contribution in [0.2, 0.25) is 0 Å². The van der Waals surface area contributed by atoms with E-state index in [4.69, 9.17) is 9.47 Å². The molecule has 0 saturated heterocycles. The Labute approximate surface area is 169 Å². The van der Waals surface area contributed by atoms with Crippen molar-refractivity contribution in [1.82, 2.24) is 5.01 Å². The highest BCUT2D eigenvalue weighted by atomic mass is 16.5. The van der Waals surface area contributed by atoms with E-state index in [2.05, 4.69) is 24.3 Å². The maximum Gasteiger partial charge on any atom is 0.274 e. The molecule has 29 heavy (non-hydrogen) atoms. The molecule has 0 bridgehead atoms. The van der Waals surface area contributed by atoms with Gasteiger partial charge >= 0.3 is 0 Å². The van der Waals surface area contributed by atoms with E-state index in [1.807, 2.05) is 18.2 Å². The molecule has 2 aromatic carbocycles. The van der Waals surface area contributed by atoms with Crippen LogP contribution in [0.1, 0.15) is 35.3 Å². The van der Waals surface area contributed by atoms with Crippen molar-refractivity contribution in [3.63, 3.8) is 0 Å². The zero-order chi connectivity index (χ0) is 20.8. The maximum absolute atomic E-state index is 13.1. The second-order valence-corrected chi connectivity index (χ2v) is 7.86. The van der Waals surface area contributed by atoms with Crippen LogP contribution in [0.25, 0.3) is 0 Å². The van der Waals surface area contributed by atoms with Gasteiger partial charge in [0, 0.05) is 22.2 Å². The Morgan fingerprint density at radius 1 is 1.10 bits per heavy atom. The minimum atomic E-state index is -0.330. The first-order chi connectivity index (χ1) is 13.8. The summed E-state index contributed by atoms with van der Waals surface area (Å²) >= 11 is 0. The van der Waals surface area contributed by atoms with E-state index in [0.29, 0.717) is 30.0 Å². The number of rotatable bonds is 4. The second-order valence-electron chi connectivity index (χ2n) is 7.86. The molecule has 0 spiro atoms. The lowest BCUT2D eigenvalue weighted by atomic mass is 9.84. The summed E-state index contributed by atoms with van der Waals surface area (Å²) in [4.78, 5) is 24.7. The average Bonchev–Trinajstić information content (AvgIpc) is 3.24. The molecule has 0 saturated carbocycles. The summed E-state index contributed by atoms with van der Waals surface area (Å²) in [5.41, 5.74) is 3.49. The van der Waals surface area contributed by atoms with Crippen molar-refractivity contribution in [2.75, 3.05) is 26.1 Å². The van der Waals surface area contributed by atoms with Gasteiger partial charge in [-0.05, 0) is 42.0 Å². The Morgan fingerprint density at radius 3 is 2.59 bits per heavy atom. The van der Waals surface area contributed by atoms with Gasteiger partial charge in [0.2, 0.25) is 5.91 Å². The molecule has 0 aliphatic carbocycles. The van der Waals surface area contributed by atoms with Gasteiger partial charge in [0.1, 0.15) is 0 Å². The predicted octanol–water partition coefficient (Wildman–Crippen LogP) is 3.08. The number of hydrazone groups is 1. The first kappa shape index (κ1) is 19.0. The number of fused-ring (bicyclic) bond motifs is 1. The summed E-state index contributed by atoms with van der Waals surface area (Å²) in [5, 5.41) is 8.93. The highest BCUT2D eigenvalue weighted by Crippen LogP contribution is 2.35. The number of methoxy groups -OCH3 is 2. The fourth-order valence-electron chi connectivity index (χ4n) is 3.80. The van der Waals surface area contributed by atoms with Gasteiger partial charge in [0.05, 0.1) is 32.9 Å². The van der Waals surface area contributed by atoms with Gasteiger partial charge in [-0.25, -0.2) is 5.01 Å². The van der Waals surface area contributed by atoms with E-state index in [1.54, 1.807) is 32.4 Å². The average molecular weight is 393 g/mol. The van der Waals surface area contributed by atoms with Gasteiger partial charge in [-0.3, -0.25) is 9.59 Å². The molecule has 0 fully saturated rings. The number of anilines is 1. The molecule has 0 radical (unpaired) electrons. The molecule has 2 heterocycles. The highest BCUT2D eigenvalue weighted by Gasteiger charge is 2.38. The largest absolute Gasteiger partial charge is 0.493 e. The van der Waals surface area contributed by atoms with E-state index in [-0.39, 0.29) is 17.2 Å². The number of hydrogen-bond acceptors (Lipinski definition) is 5. The first-order valence-electron chi connectivity index (χ1n) is 9.38. The third-order valence-corrected chi connectivity index (χ3v) is 5.28. The SMILES string of the molecule is COc1ccc(C2=NN(C(=O)c3ccc4c(c3)CC(=O)N4)CC2(C)C)cc1OC. The number of ether oxygens (including phenoxy) is 2. The van der Waals surface area contributed by atoms with Crippen LogP contribution in [0.3, 0.4) is 0 Å². The van der Waals surface area contributed by atoms with E-state index >= 15 is 0 Å². The van der Waals surface area contributed by atoms with Crippen LogP contribution in [0.4, 0.5) is 5.69 Å². The minimum absolute atomic E-state index is 0.0549. The smallest absolute Gasteiger partial charge is 0.274 e. The van der Waals surface area contributed by atoms with Crippen LogP contribution in [-0.4, -0.2) is 43.3 Å². The zero-order valence-corrected chi connectivity index (χ0v) is 16.9. The normalized spacial score (nSPS) is 16.9. The molecule has 2 aliphatic rings. The Balaban J connectivity index is 1.65. The first-order valence-corrected chi connectivity index (χ1v) is 9.38. The summed E-state index contributed by atoms with van der Waals surface area (Å²) in [6.07, 6.45) is 0.294. The van der Waals surface area contributed by atoms with Gasteiger partial charge in [-0.15, -0.1) is 0 Å². The van der Waals surface area contributed by atoms with Crippen molar-refractivity contribution in [2.24, 2.45) is 10.5 Å². The number of amides is 2. The van der Waals surface area contributed by atoms with Gasteiger partial charge in [0.25, 0.3) is 5.91 Å². The fraction of sp³-hybridized carbons (Fsp3) is 0.318. The van der Waals surface area contributed by atoms with Crippen molar-refractivity contribution in [1.29, 1.82) is 0 Å². The molecule has 150 valence electrons. The molecule has 2 amide bonds. The molecule has 2 aromatic rings. The fourth-order valence-corrected chi connectivity index (χ4v) is 3.80. The Bertz CT molecular complexity index is 1040. The van der Waals surface area contributed by atoms with Gasteiger partial charge in [-0.1, -0.05) is 13.8 Å². The molecule has 7 nitrogen and oxygen atoms in total. The van der Waals surface area contributed by atoms with Crippen LogP contribution in [0, 0.1) is 5.41 Å². The molecule has 0 unspecified atom stereocenters. The summed E-state index contributed by atoms with van der Waals surface area (Å²) in [7, 11) is 3.18. The number of hydrogen-bond donors (Lipinski definition) is 1. The van der Waals surface area contributed by atoms with Gasteiger partial charge < -0.3 is 14.8 Å². The van der Waals surface area contributed by atoms with E-state index < -0.39 is 0 Å². The molecular formula is C22H23N3O4. The van der Waals surface area contributed by atoms with Crippen molar-refractivity contribution in [3.05, 3.63) is 53.1 Å². The molecule has 0 aromatic heterocycles. The van der Waals surface area contributed by atoms with Crippen LogP contribution < -0.4 is 14.8 Å². The summed E-state index contributed by atoms with van der Waals surface area (Å²) in [6, 6.07) is 10.9. The van der Waals surface area contributed by atoms with E-state index in [9.17, 15) is 9.59 Å². The van der Waals surface area contributed by atoms with Crippen LogP contribution >= 0.6 is 0 Å². The van der Waals surface area contributed by atoms with E-state index in [0.717, 1.165) is 22.5 Å². The number of carbonyl (C=O) groups excluding carboxylic acids is 2. The van der Waals surface area contributed by atoms with Crippen molar-refractivity contribution in [2.45, 2.75) is 20.3 Å². The molecule has 7 heteroatoms. The maximum atomic E-state index is 13.1. The van der Waals surface area contributed by atoms with Gasteiger partial charge in [0.15, 0.2) is 11.5 Å². The number of benzene rings is 2. The second kappa shape index (κ2) is 6.92. The van der Waals surface area contributed by atoms with Crippen molar-refractivity contribution < 1.29 is 19.1 Å². The van der Waals surface area contributed by atoms with Gasteiger partial charge in [-0.2, -0.15) is 5.10 Å². The lowest BCUT2D eigenvalue weighted by molar-refractivity contribution is -0.115. The van der Waals surface area contributed by atoms with Crippen LogP contribution in [0.5, 0.6) is 11.5 Å². The lowest BCUT2D eigenvalue weighted by Crippen LogP contribution is -2.31. The minimum Gasteiger partial charge on any atom is -0.493 e. The zero-order valence-electron chi connectivity index (χ0n) is 16.9. The Hall–Kier alpha value is -3.35. The monoisotopic (exact) mass is 393 g/mol. The van der Waals surface area contributed by atoms with Crippen LogP contribution in [0.15, 0.2) is 41.5 Å². The molecule has 0 atom stereocenters. The van der Waals surface area contributed by atoms with Crippen LogP contribution in [-0.2, 0) is 11.2 Å². The molecule has 4 rings (SSSR count). The number of carbonyl (C=O) groups is 2. The molecular weight excluding hydrogens is 370 g/mol. The van der Waals surface area contributed by atoms with Crippen molar-refractivity contribution in [3.8, 4) is 11.5 Å². The molecule has 2 aliphatic heterocycles. The topological polar surface area (TPSA) is 80.2 Å². The summed E-state index contributed by atoms with van der Waals surface area (Å²) in [5.74, 6) is 1.02.